The number of halogens is 8. The monoisotopic (exact) mass is 406 g/mol. The molecule has 0 aromatic heterocycles. The second-order valence-corrected chi connectivity index (χ2v) is 5.87. The summed E-state index contributed by atoms with van der Waals surface area (Å²) in [5, 5.41) is 11.3. The summed E-state index contributed by atoms with van der Waals surface area (Å²) in [6.07, 6.45) is -13.3. The van der Waals surface area contributed by atoms with E-state index in [1.54, 1.807) is 0 Å². The zero-order valence-electron chi connectivity index (χ0n) is 11.2. The summed E-state index contributed by atoms with van der Waals surface area (Å²) in [4.78, 5) is 0. The van der Waals surface area contributed by atoms with E-state index in [1.165, 1.54) is 0 Å². The first-order valence-electron chi connectivity index (χ1n) is 5.58. The van der Waals surface area contributed by atoms with Gasteiger partial charge in [-0.1, -0.05) is 0 Å². The van der Waals surface area contributed by atoms with Gasteiger partial charge in [-0.15, -0.1) is 0 Å². The first kappa shape index (κ1) is 21.2. The van der Waals surface area contributed by atoms with Crippen molar-refractivity contribution >= 4 is 10.1 Å². The van der Waals surface area contributed by atoms with Crippen molar-refractivity contribution in [3.63, 3.8) is 0 Å². The minimum absolute atomic E-state index is 0.203. The fourth-order valence-corrected chi connectivity index (χ4v) is 1.71. The van der Waals surface area contributed by atoms with Crippen molar-refractivity contribution in [3.8, 4) is 11.5 Å². The summed E-state index contributed by atoms with van der Waals surface area (Å²) in [7, 11) is -7.03. The van der Waals surface area contributed by atoms with Crippen LogP contribution in [0.1, 0.15) is 5.56 Å². The molecule has 0 fully saturated rings. The van der Waals surface area contributed by atoms with Crippen molar-refractivity contribution in [3.05, 3.63) is 23.8 Å². The zero-order valence-corrected chi connectivity index (χ0v) is 12.0. The van der Waals surface area contributed by atoms with Crippen LogP contribution in [0.5, 0.6) is 11.5 Å². The van der Waals surface area contributed by atoms with Crippen LogP contribution in [0.4, 0.5) is 35.1 Å². The van der Waals surface area contributed by atoms with Crippen LogP contribution in [0.2, 0.25) is 0 Å². The third kappa shape index (κ3) is 3.57. The Morgan fingerprint density at radius 2 is 1.36 bits per heavy atom. The van der Waals surface area contributed by atoms with Gasteiger partial charge in [-0.25, -0.2) is 4.74 Å². The molecule has 25 heavy (non-hydrogen) atoms. The fraction of sp³-hybridized carbons (Fsp3) is 0.400. The second kappa shape index (κ2) is 5.84. The van der Waals surface area contributed by atoms with Gasteiger partial charge in [0.1, 0.15) is 11.5 Å². The number of aromatic hydroxyl groups is 2. The Bertz CT molecular complexity index is 763. The van der Waals surface area contributed by atoms with E-state index in [0.717, 1.165) is 0 Å². The number of ether oxygens (including phenoxy) is 1. The minimum Gasteiger partial charge on any atom is -0.508 e. The smallest absolute Gasteiger partial charge is 0.460 e. The number of benzene rings is 1. The van der Waals surface area contributed by atoms with Crippen molar-refractivity contribution in [1.29, 1.82) is 0 Å². The van der Waals surface area contributed by atoms with E-state index in [0.29, 0.717) is 6.07 Å². The summed E-state index contributed by atoms with van der Waals surface area (Å²) >= 11 is 0. The Morgan fingerprint density at radius 1 is 0.880 bits per heavy atom. The molecule has 1 rings (SSSR count). The van der Waals surface area contributed by atoms with Crippen molar-refractivity contribution in [2.24, 2.45) is 0 Å². The Hall–Kier alpha value is -1.87. The van der Waals surface area contributed by atoms with Gasteiger partial charge in [0.05, 0.1) is 5.56 Å². The molecule has 1 aromatic carbocycles. The Morgan fingerprint density at radius 3 is 1.80 bits per heavy atom. The largest absolute Gasteiger partial charge is 0.508 e. The van der Waals surface area contributed by atoms with Crippen molar-refractivity contribution in [1.82, 2.24) is 0 Å². The molecule has 1 aromatic rings. The predicted octanol–water partition coefficient (Wildman–Crippen LogP) is 2.87. The van der Waals surface area contributed by atoms with Gasteiger partial charge in [0.25, 0.3) is 0 Å². The van der Waals surface area contributed by atoms with Crippen LogP contribution in [0, 0.1) is 0 Å². The molecule has 0 amide bonds. The van der Waals surface area contributed by atoms with Crippen LogP contribution < -0.4 is 0 Å². The third-order valence-corrected chi connectivity index (χ3v) is 3.49. The number of alkyl halides is 8. The number of hydrogen-bond donors (Lipinski definition) is 3. The number of phenols is 2. The lowest BCUT2D eigenvalue weighted by Crippen LogP contribution is -2.55. The summed E-state index contributed by atoms with van der Waals surface area (Å²) < 4.78 is 136. The number of phenolic OH excluding ortho intramolecular Hbond substituents is 2. The molecule has 0 saturated carbocycles. The van der Waals surface area contributed by atoms with Crippen LogP contribution in [-0.2, 0) is 20.8 Å². The first-order chi connectivity index (χ1) is 10.9. The molecular weight excluding hydrogens is 400 g/mol. The van der Waals surface area contributed by atoms with Gasteiger partial charge in [-0.2, -0.15) is 43.5 Å². The van der Waals surface area contributed by atoms with Gasteiger partial charge >= 0.3 is 33.5 Å². The standard InChI is InChI=1S/C10H6F8O6S/c11-7(12,5-3-4(19)1-2-6(5)20)8(13,14)24-9(15,16)10(17,18)25(21,22)23/h1-3,19-20H,(H,21,22,23). The molecule has 3 N–H and O–H groups in total. The van der Waals surface area contributed by atoms with E-state index < -0.39 is 50.6 Å². The van der Waals surface area contributed by atoms with Gasteiger partial charge in [-0.05, 0) is 18.2 Å². The highest BCUT2D eigenvalue weighted by molar-refractivity contribution is 7.86. The maximum atomic E-state index is 13.7. The molecule has 0 heterocycles. The highest BCUT2D eigenvalue weighted by Crippen LogP contribution is 2.52. The molecule has 0 bridgehead atoms. The number of rotatable bonds is 6. The van der Waals surface area contributed by atoms with Crippen molar-refractivity contribution in [2.75, 3.05) is 0 Å². The van der Waals surface area contributed by atoms with E-state index in [-0.39, 0.29) is 12.1 Å². The average molecular weight is 406 g/mol. The quantitative estimate of drug-likeness (QED) is 0.381. The van der Waals surface area contributed by atoms with E-state index in [2.05, 4.69) is 0 Å². The number of hydrogen-bond acceptors (Lipinski definition) is 5. The highest BCUT2D eigenvalue weighted by atomic mass is 32.2. The molecule has 15 heteroatoms. The van der Waals surface area contributed by atoms with Gasteiger partial charge in [0, 0.05) is 0 Å². The third-order valence-electron chi connectivity index (χ3n) is 2.60. The lowest BCUT2D eigenvalue weighted by atomic mass is 10.1. The van der Waals surface area contributed by atoms with Crippen molar-refractivity contribution in [2.45, 2.75) is 23.4 Å². The minimum atomic E-state index is -7.03. The van der Waals surface area contributed by atoms with Crippen molar-refractivity contribution < 1.29 is 63.0 Å². The molecule has 6 nitrogen and oxygen atoms in total. The van der Waals surface area contributed by atoms with E-state index in [4.69, 9.17) is 14.8 Å². The zero-order chi connectivity index (χ0) is 20.1. The molecule has 0 unspecified atom stereocenters. The molecule has 0 aliphatic heterocycles. The SMILES string of the molecule is O=S(=O)(O)C(F)(F)C(F)(F)OC(F)(F)C(F)(F)c1cc(O)ccc1O. The summed E-state index contributed by atoms with van der Waals surface area (Å²) in [5.74, 6) is -8.73. The Balaban J connectivity index is 3.38. The first-order valence-corrected chi connectivity index (χ1v) is 7.02. The molecular formula is C10H6F8O6S. The second-order valence-electron chi connectivity index (χ2n) is 4.40. The summed E-state index contributed by atoms with van der Waals surface area (Å²) in [5.41, 5.74) is -2.19. The van der Waals surface area contributed by atoms with Gasteiger partial charge < -0.3 is 10.2 Å². The average Bonchev–Trinajstić information content (AvgIpc) is 2.38. The topological polar surface area (TPSA) is 104 Å². The maximum absolute atomic E-state index is 13.7. The van der Waals surface area contributed by atoms with E-state index in [9.17, 15) is 43.5 Å². The van der Waals surface area contributed by atoms with E-state index >= 15 is 0 Å². The maximum Gasteiger partial charge on any atom is 0.460 e. The molecule has 0 aliphatic carbocycles. The van der Waals surface area contributed by atoms with Crippen LogP contribution >= 0.6 is 0 Å². The lowest BCUT2D eigenvalue weighted by molar-refractivity contribution is -0.459. The highest BCUT2D eigenvalue weighted by Gasteiger charge is 2.74. The molecule has 0 atom stereocenters. The summed E-state index contributed by atoms with van der Waals surface area (Å²) in [6.45, 7) is 0. The Labute approximate surface area is 133 Å². The fourth-order valence-electron chi connectivity index (χ4n) is 1.37. The van der Waals surface area contributed by atoms with Crippen LogP contribution in [0.3, 0.4) is 0 Å². The predicted molar refractivity (Wildman–Crippen MR) is 61.1 cm³/mol. The van der Waals surface area contributed by atoms with Crippen LogP contribution in [-0.4, -0.2) is 40.7 Å². The molecule has 0 spiro atoms. The van der Waals surface area contributed by atoms with E-state index in [1.807, 2.05) is 4.74 Å². The van der Waals surface area contributed by atoms with Crippen LogP contribution in [0.25, 0.3) is 0 Å². The summed E-state index contributed by atoms with van der Waals surface area (Å²) in [6, 6.07) is 0.584. The molecule has 144 valence electrons. The van der Waals surface area contributed by atoms with Gasteiger partial charge in [0.15, 0.2) is 0 Å². The normalized spacial score (nSPS) is 14.6. The van der Waals surface area contributed by atoms with Gasteiger partial charge in [0.2, 0.25) is 0 Å². The molecule has 0 radical (unpaired) electrons. The Kier molecular flexibility index (Phi) is 4.95. The molecule has 0 aliphatic rings. The van der Waals surface area contributed by atoms with Crippen LogP contribution in [0.15, 0.2) is 18.2 Å². The van der Waals surface area contributed by atoms with Gasteiger partial charge in [-0.3, -0.25) is 4.55 Å². The molecule has 0 saturated heterocycles. The lowest BCUT2D eigenvalue weighted by Gasteiger charge is -2.31.